The molecule has 0 aliphatic heterocycles. The highest BCUT2D eigenvalue weighted by Gasteiger charge is 2.05. The minimum absolute atomic E-state index is 0.0659. The Kier molecular flexibility index (Phi) is 8.18. The number of para-hydroxylation sites is 1. The van der Waals surface area contributed by atoms with Gasteiger partial charge >= 0.3 is 0 Å². The van der Waals surface area contributed by atoms with E-state index >= 15 is 0 Å². The molecule has 0 saturated carbocycles. The van der Waals surface area contributed by atoms with E-state index < -0.39 is 9.84 Å². The second kappa shape index (κ2) is 9.89. The Morgan fingerprint density at radius 2 is 2.09 bits per heavy atom. The zero-order chi connectivity index (χ0) is 17.1. The fourth-order valence-electron chi connectivity index (χ4n) is 1.78. The summed E-state index contributed by atoms with van der Waals surface area (Å²) in [5.74, 6) is 1.41. The third-order valence-electron chi connectivity index (χ3n) is 2.85. The Labute approximate surface area is 138 Å². The molecule has 1 aromatic carbocycles. The van der Waals surface area contributed by atoms with E-state index in [0.29, 0.717) is 32.2 Å². The normalized spacial score (nSPS) is 11.8. The maximum atomic E-state index is 11.2. The van der Waals surface area contributed by atoms with Crippen LogP contribution in [0.3, 0.4) is 0 Å². The van der Waals surface area contributed by atoms with Gasteiger partial charge in [0.25, 0.3) is 0 Å². The van der Waals surface area contributed by atoms with Gasteiger partial charge in [-0.05, 0) is 13.0 Å². The van der Waals surface area contributed by atoms with Crippen LogP contribution in [0.1, 0.15) is 12.5 Å². The Balaban J connectivity index is 2.71. The van der Waals surface area contributed by atoms with Crippen LogP contribution in [0, 0.1) is 0 Å². The van der Waals surface area contributed by atoms with Crippen LogP contribution in [-0.2, 0) is 16.4 Å². The second-order valence-electron chi connectivity index (χ2n) is 4.96. The topological polar surface area (TPSA) is 79.8 Å². The summed E-state index contributed by atoms with van der Waals surface area (Å²) in [4.78, 5) is 4.47. The van der Waals surface area contributed by atoms with Crippen molar-refractivity contribution in [3.8, 4) is 5.75 Å². The minimum Gasteiger partial charge on any atom is -0.489 e. The van der Waals surface area contributed by atoms with Crippen molar-refractivity contribution in [3.05, 3.63) is 42.5 Å². The molecule has 0 aromatic heterocycles. The van der Waals surface area contributed by atoms with Crippen molar-refractivity contribution in [1.29, 1.82) is 0 Å². The van der Waals surface area contributed by atoms with Gasteiger partial charge in [0, 0.05) is 24.9 Å². The molecule has 0 amide bonds. The molecule has 23 heavy (non-hydrogen) atoms. The number of sulfone groups is 1. The highest BCUT2D eigenvalue weighted by atomic mass is 32.2. The highest BCUT2D eigenvalue weighted by molar-refractivity contribution is 7.90. The van der Waals surface area contributed by atoms with Crippen molar-refractivity contribution >= 4 is 15.8 Å². The lowest BCUT2D eigenvalue weighted by molar-refractivity contribution is 0.359. The minimum atomic E-state index is -2.99. The zero-order valence-electron chi connectivity index (χ0n) is 13.7. The van der Waals surface area contributed by atoms with Crippen LogP contribution in [0.2, 0.25) is 0 Å². The van der Waals surface area contributed by atoms with Crippen molar-refractivity contribution in [2.75, 3.05) is 31.7 Å². The molecule has 0 aliphatic rings. The van der Waals surface area contributed by atoms with Gasteiger partial charge in [-0.25, -0.2) is 13.4 Å². The quantitative estimate of drug-likeness (QED) is 0.403. The molecule has 0 bridgehead atoms. The summed E-state index contributed by atoms with van der Waals surface area (Å²) >= 11 is 0. The van der Waals surface area contributed by atoms with Crippen LogP contribution in [-0.4, -0.2) is 46.1 Å². The third kappa shape index (κ3) is 8.25. The molecule has 0 fully saturated rings. The molecule has 0 unspecified atom stereocenters. The number of benzene rings is 1. The molecule has 1 aromatic rings. The molecule has 0 radical (unpaired) electrons. The molecule has 0 heterocycles. The average Bonchev–Trinajstić information content (AvgIpc) is 2.50. The van der Waals surface area contributed by atoms with E-state index in [2.05, 4.69) is 22.2 Å². The van der Waals surface area contributed by atoms with Crippen molar-refractivity contribution in [2.24, 2.45) is 4.99 Å². The Hall–Kier alpha value is -2.02. The molecular weight excluding hydrogens is 314 g/mol. The van der Waals surface area contributed by atoms with Crippen molar-refractivity contribution < 1.29 is 13.2 Å². The van der Waals surface area contributed by atoms with Crippen LogP contribution in [0.4, 0.5) is 0 Å². The molecular formula is C16H25N3O3S. The molecule has 1 rings (SSSR count). The SMILES string of the molecule is C=CCOc1ccccc1CN=C(NCC)NCCS(C)(=O)=O. The predicted octanol–water partition coefficient (Wildman–Crippen LogP) is 1.35. The maximum Gasteiger partial charge on any atom is 0.191 e. The maximum absolute atomic E-state index is 11.2. The lowest BCUT2D eigenvalue weighted by atomic mass is 10.2. The van der Waals surface area contributed by atoms with E-state index in [0.717, 1.165) is 11.3 Å². The summed E-state index contributed by atoms with van der Waals surface area (Å²) in [5, 5.41) is 6.10. The standard InChI is InChI=1S/C16H25N3O3S/c1-4-11-22-15-9-7-6-8-14(15)13-19-16(17-5-2)18-10-12-23(3,20)21/h4,6-9H,1,5,10-13H2,2-3H3,(H2,17,18,19). The highest BCUT2D eigenvalue weighted by Crippen LogP contribution is 2.18. The number of nitrogens with one attached hydrogen (secondary N) is 2. The first-order chi connectivity index (χ1) is 11.0. The number of hydrogen-bond donors (Lipinski definition) is 2. The van der Waals surface area contributed by atoms with Gasteiger partial charge in [-0.1, -0.05) is 30.9 Å². The molecule has 2 N–H and O–H groups in total. The van der Waals surface area contributed by atoms with Gasteiger partial charge in [0.15, 0.2) is 5.96 Å². The fraction of sp³-hybridized carbons (Fsp3) is 0.438. The van der Waals surface area contributed by atoms with E-state index in [9.17, 15) is 8.42 Å². The first-order valence-corrected chi connectivity index (χ1v) is 9.54. The van der Waals surface area contributed by atoms with Crippen molar-refractivity contribution in [1.82, 2.24) is 10.6 Å². The summed E-state index contributed by atoms with van der Waals surface area (Å²) in [6.45, 7) is 7.47. The van der Waals surface area contributed by atoms with Gasteiger partial charge in [0.1, 0.15) is 22.2 Å². The third-order valence-corrected chi connectivity index (χ3v) is 3.79. The number of guanidine groups is 1. The average molecular weight is 339 g/mol. The smallest absolute Gasteiger partial charge is 0.191 e. The molecule has 7 heteroatoms. The van der Waals surface area contributed by atoms with Gasteiger partial charge < -0.3 is 15.4 Å². The first-order valence-electron chi connectivity index (χ1n) is 7.47. The summed E-state index contributed by atoms with van der Waals surface area (Å²) in [6, 6.07) is 7.66. The first kappa shape index (κ1) is 19.0. The Morgan fingerprint density at radius 1 is 1.35 bits per heavy atom. The van der Waals surface area contributed by atoms with Gasteiger partial charge in [-0.15, -0.1) is 0 Å². The van der Waals surface area contributed by atoms with Crippen LogP contribution in [0.15, 0.2) is 41.9 Å². The molecule has 0 spiro atoms. The van der Waals surface area contributed by atoms with Crippen LogP contribution < -0.4 is 15.4 Å². The lowest BCUT2D eigenvalue weighted by Crippen LogP contribution is -2.39. The van der Waals surface area contributed by atoms with E-state index in [1.54, 1.807) is 6.08 Å². The molecule has 6 nitrogen and oxygen atoms in total. The fourth-order valence-corrected chi connectivity index (χ4v) is 2.26. The number of ether oxygens (including phenoxy) is 1. The van der Waals surface area contributed by atoms with Gasteiger partial charge in [0.05, 0.1) is 12.3 Å². The number of aliphatic imine (C=N–C) groups is 1. The summed E-state index contributed by atoms with van der Waals surface area (Å²) in [7, 11) is -2.99. The van der Waals surface area contributed by atoms with Crippen LogP contribution >= 0.6 is 0 Å². The largest absolute Gasteiger partial charge is 0.489 e. The van der Waals surface area contributed by atoms with Crippen molar-refractivity contribution in [2.45, 2.75) is 13.5 Å². The van der Waals surface area contributed by atoms with Gasteiger partial charge in [-0.2, -0.15) is 0 Å². The summed E-state index contributed by atoms with van der Waals surface area (Å²) < 4.78 is 27.9. The lowest BCUT2D eigenvalue weighted by Gasteiger charge is -2.12. The monoisotopic (exact) mass is 339 g/mol. The van der Waals surface area contributed by atoms with Crippen molar-refractivity contribution in [3.63, 3.8) is 0 Å². The molecule has 0 aliphatic carbocycles. The van der Waals surface area contributed by atoms with Crippen LogP contribution in [0.25, 0.3) is 0 Å². The molecule has 0 saturated heterocycles. The number of rotatable bonds is 9. The van der Waals surface area contributed by atoms with E-state index in [1.807, 2.05) is 31.2 Å². The van der Waals surface area contributed by atoms with Gasteiger partial charge in [-0.3, -0.25) is 0 Å². The Bertz CT molecular complexity index is 627. The molecule has 0 atom stereocenters. The molecule has 128 valence electrons. The van der Waals surface area contributed by atoms with Gasteiger partial charge in [0.2, 0.25) is 0 Å². The number of nitrogens with zero attached hydrogens (tertiary/aromatic N) is 1. The van der Waals surface area contributed by atoms with Crippen LogP contribution in [0.5, 0.6) is 5.75 Å². The van der Waals surface area contributed by atoms with E-state index in [4.69, 9.17) is 4.74 Å². The second-order valence-corrected chi connectivity index (χ2v) is 7.22. The number of hydrogen-bond acceptors (Lipinski definition) is 4. The summed E-state index contributed by atoms with van der Waals surface area (Å²) in [6.07, 6.45) is 2.91. The summed E-state index contributed by atoms with van der Waals surface area (Å²) in [5.41, 5.74) is 0.953. The van der Waals surface area contributed by atoms with E-state index in [1.165, 1.54) is 6.26 Å². The van der Waals surface area contributed by atoms with E-state index in [-0.39, 0.29) is 5.75 Å². The predicted molar refractivity (Wildman–Crippen MR) is 94.7 cm³/mol. The zero-order valence-corrected chi connectivity index (χ0v) is 14.5. The Morgan fingerprint density at radius 3 is 2.74 bits per heavy atom.